The number of rotatable bonds is 3. The Morgan fingerprint density at radius 1 is 0.800 bits per heavy atom. The van der Waals surface area contributed by atoms with Crippen LogP contribution in [0.3, 0.4) is 0 Å². The third kappa shape index (κ3) is 2.26. The van der Waals surface area contributed by atoms with Crippen molar-refractivity contribution in [1.29, 1.82) is 0 Å². The Hall–Kier alpha value is -0.707. The summed E-state index contributed by atoms with van der Waals surface area (Å²) in [6, 6.07) is 0. The van der Waals surface area contributed by atoms with E-state index in [9.17, 15) is 14.4 Å². The molecule has 0 aromatic rings. The van der Waals surface area contributed by atoms with E-state index in [-0.39, 0.29) is 0 Å². The van der Waals surface area contributed by atoms with E-state index in [1.54, 1.807) is 0 Å². The van der Waals surface area contributed by atoms with Crippen LogP contribution in [-0.4, -0.2) is 26.4 Å². The van der Waals surface area contributed by atoms with Gasteiger partial charge < -0.3 is 0 Å². The van der Waals surface area contributed by atoms with Gasteiger partial charge >= 0.3 is 62.5 Å². The van der Waals surface area contributed by atoms with E-state index in [1.165, 1.54) is 0 Å². The second-order valence-electron chi connectivity index (χ2n) is 1.29. The van der Waals surface area contributed by atoms with Gasteiger partial charge in [0, 0.05) is 0 Å². The van der Waals surface area contributed by atoms with Crippen molar-refractivity contribution in [2.75, 3.05) is 0 Å². The van der Waals surface area contributed by atoms with Gasteiger partial charge in [-0.05, 0) is 0 Å². The number of hydrogen-bond donors (Lipinski definition) is 3. The second kappa shape index (κ2) is 3.46. The Balaban J connectivity index is 4.43. The quantitative estimate of drug-likeness (QED) is 0.651. The van der Waals surface area contributed by atoms with Gasteiger partial charge in [0.25, 0.3) is 0 Å². The van der Waals surface area contributed by atoms with Gasteiger partial charge in [-0.25, -0.2) is 0 Å². The molecule has 0 aliphatic heterocycles. The zero-order valence-electron chi connectivity index (χ0n) is 4.57. The fraction of sp³-hybridized carbons (Fsp3) is 0. The summed E-state index contributed by atoms with van der Waals surface area (Å²) in [4.78, 5) is 29.7. The molecule has 0 radical (unpaired) electrons. The Morgan fingerprint density at radius 3 is 1.00 bits per heavy atom. The van der Waals surface area contributed by atoms with Crippen molar-refractivity contribution in [2.45, 2.75) is 0 Å². The molecule has 7 heteroatoms. The zero-order valence-corrected chi connectivity index (χ0v) is 7.02. The first-order valence-corrected chi connectivity index (χ1v) is 5.72. The summed E-state index contributed by atoms with van der Waals surface area (Å²) in [6.45, 7) is 0. The van der Waals surface area contributed by atoms with Gasteiger partial charge in [-0.15, -0.1) is 0 Å². The maximum atomic E-state index is 9.91. The van der Waals surface area contributed by atoms with Crippen molar-refractivity contribution in [3.05, 3.63) is 0 Å². The van der Waals surface area contributed by atoms with Crippen LogP contribution in [0.25, 0.3) is 0 Å². The summed E-state index contributed by atoms with van der Waals surface area (Å²) in [6.07, 6.45) is 0. The van der Waals surface area contributed by atoms with Gasteiger partial charge in [0.1, 0.15) is 0 Å². The Labute approximate surface area is 62.8 Å². The second-order valence-corrected chi connectivity index (χ2v) is 6.29. The molecule has 0 unspecified atom stereocenters. The zero-order chi connectivity index (χ0) is 8.31. The van der Waals surface area contributed by atoms with Crippen LogP contribution in [0.1, 0.15) is 0 Å². The van der Waals surface area contributed by atoms with E-state index < -0.39 is 32.8 Å². The molecule has 6 nitrogen and oxygen atoms in total. The van der Waals surface area contributed by atoms with E-state index in [1.807, 2.05) is 0 Å². The number of carbonyl (C=O) groups is 3. The molecule has 0 aliphatic rings. The van der Waals surface area contributed by atoms with Crippen molar-refractivity contribution >= 4 is 11.0 Å². The predicted molar refractivity (Wildman–Crippen MR) is 24.1 cm³/mol. The molecule has 0 aromatic heterocycles. The van der Waals surface area contributed by atoms with Crippen molar-refractivity contribution in [2.24, 2.45) is 0 Å². The molecular weight excluding hydrogens is 223 g/mol. The van der Waals surface area contributed by atoms with Crippen LogP contribution in [0.2, 0.25) is 0 Å². The summed E-state index contributed by atoms with van der Waals surface area (Å²) >= 11 is -4.26. The van der Waals surface area contributed by atoms with Gasteiger partial charge in [0.15, 0.2) is 0 Å². The minimum atomic E-state index is -4.26. The van der Waals surface area contributed by atoms with E-state index in [4.69, 9.17) is 15.3 Å². The van der Waals surface area contributed by atoms with Gasteiger partial charge in [-0.2, -0.15) is 0 Å². The third-order valence-corrected chi connectivity index (χ3v) is 3.80. The molecule has 0 rings (SSSR count). The predicted octanol–water partition coefficient (Wildman–Crippen LogP) is 0.639. The van der Waals surface area contributed by atoms with Crippen molar-refractivity contribution in [3.63, 3.8) is 0 Å². The molecule has 0 bridgehead atoms. The maximum absolute atomic E-state index is 9.91. The normalized spacial score (nSPS) is 8.40. The molecule has 0 spiro atoms. The fourth-order valence-corrected chi connectivity index (χ4v) is 1.62. The van der Waals surface area contributed by atoms with Crippen LogP contribution in [-0.2, 0) is 21.8 Å². The van der Waals surface area contributed by atoms with Crippen LogP contribution >= 0.6 is 0 Å². The van der Waals surface area contributed by atoms with Crippen molar-refractivity contribution in [3.8, 4) is 0 Å². The summed E-state index contributed by atoms with van der Waals surface area (Å²) in [5.74, 6) is 0. The monoisotopic (exact) mass is 225 g/mol. The van der Waals surface area contributed by atoms with Gasteiger partial charge in [-0.1, -0.05) is 0 Å². The Bertz CT molecular complexity index is 152. The molecule has 0 fully saturated rings. The molecule has 0 aliphatic carbocycles. The first-order valence-electron chi connectivity index (χ1n) is 2.03. The van der Waals surface area contributed by atoms with E-state index in [0.717, 1.165) is 0 Å². The van der Waals surface area contributed by atoms with E-state index in [0.29, 0.717) is 0 Å². The molecule has 0 amide bonds. The Morgan fingerprint density at radius 2 is 1.00 bits per heavy atom. The topological polar surface area (TPSA) is 112 Å². The SMILES string of the molecule is O=[C](O)[Zr]([C](=O)O)[C](=O)O. The van der Waals surface area contributed by atoms with Gasteiger partial charge in [-0.3, -0.25) is 0 Å². The molecule has 10 heavy (non-hydrogen) atoms. The molecule has 0 aromatic carbocycles. The molecule has 55 valence electrons. The fourth-order valence-electron chi connectivity index (χ4n) is 0.274. The molecule has 0 heterocycles. The van der Waals surface area contributed by atoms with Gasteiger partial charge in [0.2, 0.25) is 0 Å². The van der Waals surface area contributed by atoms with E-state index in [2.05, 4.69) is 0 Å². The minimum absolute atomic E-state index is 1.68. The van der Waals surface area contributed by atoms with E-state index >= 15 is 0 Å². The standard InChI is InChI=1S/3CHO2.Zr/c3*2-1-3;/h3*(H,2,3);. The van der Waals surface area contributed by atoms with Crippen molar-refractivity contribution < 1.29 is 51.5 Å². The summed E-state index contributed by atoms with van der Waals surface area (Å²) in [7, 11) is 0. The van der Waals surface area contributed by atoms with Gasteiger partial charge in [0.05, 0.1) is 0 Å². The van der Waals surface area contributed by atoms with Crippen LogP contribution in [0.15, 0.2) is 0 Å². The average Bonchev–Trinajstić information content (AvgIpc) is 1.59. The third-order valence-electron chi connectivity index (χ3n) is 0.642. The van der Waals surface area contributed by atoms with Crippen LogP contribution in [0.4, 0.5) is 14.4 Å². The summed E-state index contributed by atoms with van der Waals surface area (Å²) < 4.78 is -5.04. The van der Waals surface area contributed by atoms with Crippen LogP contribution < -0.4 is 0 Å². The molecule has 0 saturated heterocycles. The van der Waals surface area contributed by atoms with Crippen molar-refractivity contribution in [1.82, 2.24) is 0 Å². The molecule has 3 N–H and O–H groups in total. The number of carboxylic acid groups (broad SMARTS) is 3. The number of hydrogen-bond acceptors (Lipinski definition) is 3. The first kappa shape index (κ1) is 9.29. The first-order chi connectivity index (χ1) is 4.46. The summed E-state index contributed by atoms with van der Waals surface area (Å²) in [5.41, 5.74) is 0. The molecule has 0 saturated carbocycles. The molecular formula is C3H3O6Zr. The van der Waals surface area contributed by atoms with Crippen LogP contribution in [0, 0.1) is 0 Å². The Kier molecular flexibility index (Phi) is 3.21. The average molecular weight is 226 g/mol. The van der Waals surface area contributed by atoms with Crippen LogP contribution in [0.5, 0.6) is 0 Å². The summed E-state index contributed by atoms with van der Waals surface area (Å²) in [5, 5.41) is 24.1. The molecule has 0 atom stereocenters.